The first-order valence-corrected chi connectivity index (χ1v) is 4.04. The molecule has 2 rings (SSSR count). The van der Waals surface area contributed by atoms with Gasteiger partial charge in [0.15, 0.2) is 0 Å². The van der Waals surface area contributed by atoms with Crippen LogP contribution in [0.15, 0.2) is 30.3 Å². The van der Waals surface area contributed by atoms with Gasteiger partial charge >= 0.3 is 0 Å². The van der Waals surface area contributed by atoms with Gasteiger partial charge in [-0.3, -0.25) is 10.0 Å². The number of amides is 1. The van der Waals surface area contributed by atoms with Crippen LogP contribution >= 0.6 is 0 Å². The maximum atomic E-state index is 11.2. The minimum Gasteiger partial charge on any atom is -0.289 e. The van der Waals surface area contributed by atoms with Crippen LogP contribution in [0.2, 0.25) is 0 Å². The average molecular weight is 175 g/mol. The van der Waals surface area contributed by atoms with Crippen molar-refractivity contribution in [1.82, 2.24) is 5.48 Å². The number of hydroxylamine groups is 1. The van der Waals surface area contributed by atoms with Crippen molar-refractivity contribution in [2.75, 3.05) is 0 Å². The number of hydrogen-bond acceptors (Lipinski definition) is 2. The number of benzene rings is 1. The third-order valence-electron chi connectivity index (χ3n) is 2.19. The smallest absolute Gasteiger partial charge is 0.254 e. The molecule has 2 N–H and O–H groups in total. The Morgan fingerprint density at radius 2 is 2.15 bits per heavy atom. The van der Waals surface area contributed by atoms with Crippen molar-refractivity contribution in [3.63, 3.8) is 0 Å². The lowest BCUT2D eigenvalue weighted by Gasteiger charge is -2.07. The molecule has 0 fully saturated rings. The van der Waals surface area contributed by atoms with Crippen LogP contribution in [-0.2, 0) is 4.79 Å². The fourth-order valence-electron chi connectivity index (χ4n) is 1.55. The molecule has 0 saturated carbocycles. The van der Waals surface area contributed by atoms with Crippen LogP contribution in [0.5, 0.6) is 0 Å². The first-order chi connectivity index (χ1) is 6.33. The van der Waals surface area contributed by atoms with Crippen molar-refractivity contribution < 1.29 is 10.0 Å². The predicted octanol–water partition coefficient (Wildman–Crippen LogP) is 1.30. The summed E-state index contributed by atoms with van der Waals surface area (Å²) < 4.78 is 0. The van der Waals surface area contributed by atoms with Crippen LogP contribution in [-0.4, -0.2) is 11.1 Å². The second kappa shape index (κ2) is 3.03. The zero-order valence-corrected chi connectivity index (χ0v) is 6.90. The summed E-state index contributed by atoms with van der Waals surface area (Å²) in [6.07, 6.45) is 3.66. The highest BCUT2D eigenvalue weighted by molar-refractivity contribution is 5.89. The van der Waals surface area contributed by atoms with Crippen molar-refractivity contribution in [2.45, 2.75) is 5.92 Å². The summed E-state index contributed by atoms with van der Waals surface area (Å²) in [5, 5.41) is 8.49. The first-order valence-electron chi connectivity index (χ1n) is 4.04. The van der Waals surface area contributed by atoms with Crippen molar-refractivity contribution in [2.24, 2.45) is 0 Å². The van der Waals surface area contributed by atoms with Crippen molar-refractivity contribution >= 4 is 12.0 Å². The van der Waals surface area contributed by atoms with E-state index in [1.807, 2.05) is 30.3 Å². The molecule has 13 heavy (non-hydrogen) atoms. The number of hydrogen-bond donors (Lipinski definition) is 2. The van der Waals surface area contributed by atoms with Crippen LogP contribution in [0.4, 0.5) is 0 Å². The number of fused-ring (bicyclic) bond motifs is 1. The van der Waals surface area contributed by atoms with Gasteiger partial charge in [-0.1, -0.05) is 36.4 Å². The maximum Gasteiger partial charge on any atom is 0.254 e. The van der Waals surface area contributed by atoms with E-state index in [1.54, 1.807) is 11.6 Å². The second-order valence-corrected chi connectivity index (χ2v) is 2.94. The van der Waals surface area contributed by atoms with E-state index < -0.39 is 0 Å². The van der Waals surface area contributed by atoms with Gasteiger partial charge in [0.2, 0.25) is 0 Å². The minimum absolute atomic E-state index is 0.346. The van der Waals surface area contributed by atoms with E-state index in [9.17, 15) is 4.79 Å². The minimum atomic E-state index is -0.388. The summed E-state index contributed by atoms with van der Waals surface area (Å²) in [5.41, 5.74) is 3.63. The Hall–Kier alpha value is -1.61. The molecule has 0 bridgehead atoms. The molecule has 0 aliphatic heterocycles. The molecule has 1 amide bonds. The second-order valence-electron chi connectivity index (χ2n) is 2.94. The van der Waals surface area contributed by atoms with E-state index in [0.717, 1.165) is 11.1 Å². The van der Waals surface area contributed by atoms with Crippen molar-refractivity contribution in [3.05, 3.63) is 41.5 Å². The number of rotatable bonds is 1. The molecular weight excluding hydrogens is 166 g/mol. The molecule has 0 aromatic heterocycles. The van der Waals surface area contributed by atoms with Gasteiger partial charge in [0.05, 0.1) is 5.92 Å². The Morgan fingerprint density at radius 3 is 2.92 bits per heavy atom. The Labute approximate surface area is 75.7 Å². The van der Waals surface area contributed by atoms with E-state index in [0.29, 0.717) is 0 Å². The van der Waals surface area contributed by atoms with Crippen LogP contribution < -0.4 is 5.48 Å². The van der Waals surface area contributed by atoms with Gasteiger partial charge < -0.3 is 0 Å². The maximum absolute atomic E-state index is 11.2. The predicted molar refractivity (Wildman–Crippen MR) is 48.1 cm³/mol. The summed E-state index contributed by atoms with van der Waals surface area (Å²) in [6.45, 7) is 0. The highest BCUT2D eigenvalue weighted by Crippen LogP contribution is 2.29. The molecule has 0 saturated heterocycles. The largest absolute Gasteiger partial charge is 0.289 e. The van der Waals surface area contributed by atoms with E-state index in [4.69, 9.17) is 5.21 Å². The molecule has 0 spiro atoms. The van der Waals surface area contributed by atoms with Crippen molar-refractivity contribution in [1.29, 1.82) is 0 Å². The van der Waals surface area contributed by atoms with Gasteiger partial charge in [-0.2, -0.15) is 0 Å². The van der Waals surface area contributed by atoms with Gasteiger partial charge in [0.25, 0.3) is 5.91 Å². The zero-order chi connectivity index (χ0) is 9.26. The summed E-state index contributed by atoms with van der Waals surface area (Å²) >= 11 is 0. The fourth-order valence-corrected chi connectivity index (χ4v) is 1.55. The Balaban J connectivity index is 2.38. The lowest BCUT2D eigenvalue weighted by atomic mass is 10.0. The van der Waals surface area contributed by atoms with Gasteiger partial charge in [-0.05, 0) is 11.1 Å². The summed E-state index contributed by atoms with van der Waals surface area (Å²) in [4.78, 5) is 11.2. The number of carbonyl (C=O) groups excluding carboxylic acids is 1. The molecule has 3 nitrogen and oxygen atoms in total. The number of carbonyl (C=O) groups is 1. The molecule has 1 aromatic carbocycles. The zero-order valence-electron chi connectivity index (χ0n) is 6.90. The van der Waals surface area contributed by atoms with Crippen LogP contribution in [0, 0.1) is 0 Å². The summed E-state index contributed by atoms with van der Waals surface area (Å²) in [5.74, 6) is -0.734. The molecule has 66 valence electrons. The van der Waals surface area contributed by atoms with Crippen LogP contribution in [0.25, 0.3) is 6.08 Å². The number of nitrogens with one attached hydrogen (secondary N) is 1. The molecule has 1 aliphatic carbocycles. The Bertz CT molecular complexity index is 371. The average Bonchev–Trinajstić information content (AvgIpc) is 2.60. The standard InChI is InChI=1S/C10H9NO2/c12-10(11-13)9-6-5-7-3-1-2-4-8(7)9/h1-6,9,13H,(H,11,12). The fraction of sp³-hybridized carbons (Fsp3) is 0.100. The molecule has 1 aromatic rings. The Morgan fingerprint density at radius 1 is 1.38 bits per heavy atom. The van der Waals surface area contributed by atoms with Crippen molar-refractivity contribution in [3.8, 4) is 0 Å². The van der Waals surface area contributed by atoms with E-state index in [-0.39, 0.29) is 11.8 Å². The lowest BCUT2D eigenvalue weighted by molar-refractivity contribution is -0.129. The van der Waals surface area contributed by atoms with Crippen LogP contribution in [0.1, 0.15) is 17.0 Å². The summed E-state index contributed by atoms with van der Waals surface area (Å²) in [7, 11) is 0. The third-order valence-corrected chi connectivity index (χ3v) is 2.19. The molecule has 1 atom stereocenters. The van der Waals surface area contributed by atoms with Gasteiger partial charge in [-0.15, -0.1) is 0 Å². The monoisotopic (exact) mass is 175 g/mol. The topological polar surface area (TPSA) is 49.3 Å². The van der Waals surface area contributed by atoms with Crippen LogP contribution in [0.3, 0.4) is 0 Å². The Kier molecular flexibility index (Phi) is 1.87. The SMILES string of the molecule is O=C(NO)C1C=Cc2ccccc21. The van der Waals surface area contributed by atoms with E-state index in [1.165, 1.54) is 0 Å². The molecule has 3 heteroatoms. The molecule has 1 unspecified atom stereocenters. The highest BCUT2D eigenvalue weighted by atomic mass is 16.5. The normalized spacial score (nSPS) is 18.4. The molecule has 0 heterocycles. The van der Waals surface area contributed by atoms with E-state index in [2.05, 4.69) is 0 Å². The van der Waals surface area contributed by atoms with Gasteiger partial charge in [0, 0.05) is 0 Å². The molecular formula is C10H9NO2. The first kappa shape index (κ1) is 8.01. The quantitative estimate of drug-likeness (QED) is 0.499. The van der Waals surface area contributed by atoms with Gasteiger partial charge in [-0.25, -0.2) is 5.48 Å². The summed E-state index contributed by atoms with van der Waals surface area (Å²) in [6, 6.07) is 7.62. The van der Waals surface area contributed by atoms with E-state index >= 15 is 0 Å². The molecule has 0 radical (unpaired) electrons. The third kappa shape index (κ3) is 1.23. The molecule has 1 aliphatic rings. The highest BCUT2D eigenvalue weighted by Gasteiger charge is 2.22. The van der Waals surface area contributed by atoms with Gasteiger partial charge in [0.1, 0.15) is 0 Å². The lowest BCUT2D eigenvalue weighted by Crippen LogP contribution is -2.24.